The predicted molar refractivity (Wildman–Crippen MR) is 70.7 cm³/mol. The second-order valence-electron chi connectivity index (χ2n) is 6.79. The molecule has 1 N–H and O–H groups in total. The summed E-state index contributed by atoms with van der Waals surface area (Å²) in [6.07, 6.45) is 12.9. The fourth-order valence-corrected chi connectivity index (χ4v) is 3.95. The van der Waals surface area contributed by atoms with Crippen LogP contribution in [0.25, 0.3) is 0 Å². The molecule has 0 saturated heterocycles. The number of hydrogen-bond acceptors (Lipinski definition) is 1. The van der Waals surface area contributed by atoms with E-state index in [4.69, 9.17) is 0 Å². The Balaban J connectivity index is 1.90. The van der Waals surface area contributed by atoms with Gasteiger partial charge >= 0.3 is 0 Å². The molecule has 1 heteroatoms. The summed E-state index contributed by atoms with van der Waals surface area (Å²) in [5, 5.41) is 3.95. The van der Waals surface area contributed by atoms with E-state index in [-0.39, 0.29) is 0 Å². The van der Waals surface area contributed by atoms with Crippen molar-refractivity contribution < 1.29 is 0 Å². The highest BCUT2D eigenvalue weighted by molar-refractivity contribution is 5.03. The van der Waals surface area contributed by atoms with Gasteiger partial charge < -0.3 is 5.32 Å². The van der Waals surface area contributed by atoms with E-state index in [1.807, 2.05) is 0 Å². The molecule has 2 aliphatic carbocycles. The van der Waals surface area contributed by atoms with Crippen LogP contribution >= 0.6 is 0 Å². The normalized spacial score (nSPS) is 29.1. The topological polar surface area (TPSA) is 12.0 Å². The molecule has 2 aliphatic rings. The van der Waals surface area contributed by atoms with Gasteiger partial charge in [-0.2, -0.15) is 0 Å². The van der Waals surface area contributed by atoms with E-state index >= 15 is 0 Å². The van der Waals surface area contributed by atoms with Crippen LogP contribution in [0.2, 0.25) is 0 Å². The molecule has 0 aromatic carbocycles. The van der Waals surface area contributed by atoms with Crippen LogP contribution in [-0.2, 0) is 0 Å². The summed E-state index contributed by atoms with van der Waals surface area (Å²) in [7, 11) is 0. The predicted octanol–water partition coefficient (Wildman–Crippen LogP) is 4.27. The van der Waals surface area contributed by atoms with Crippen molar-refractivity contribution in [2.24, 2.45) is 5.41 Å². The van der Waals surface area contributed by atoms with Crippen LogP contribution in [0.1, 0.15) is 78.6 Å². The van der Waals surface area contributed by atoms with Crippen LogP contribution in [0, 0.1) is 5.41 Å². The molecule has 0 aliphatic heterocycles. The van der Waals surface area contributed by atoms with Crippen molar-refractivity contribution >= 4 is 0 Å². The van der Waals surface area contributed by atoms with E-state index in [2.05, 4.69) is 26.1 Å². The first-order chi connectivity index (χ1) is 7.58. The molecule has 0 bridgehead atoms. The lowest BCUT2D eigenvalue weighted by molar-refractivity contribution is 0.00634. The van der Waals surface area contributed by atoms with Gasteiger partial charge in [-0.25, -0.2) is 0 Å². The molecule has 94 valence electrons. The first-order valence-corrected chi connectivity index (χ1v) is 7.36. The Labute approximate surface area is 101 Å². The Hall–Kier alpha value is -0.0400. The SMILES string of the molecule is CCCC(C)(C)NC1CCC12CCCCC2. The zero-order valence-corrected chi connectivity index (χ0v) is 11.4. The first-order valence-electron chi connectivity index (χ1n) is 7.36. The van der Waals surface area contributed by atoms with Gasteiger partial charge in [0, 0.05) is 11.6 Å². The molecule has 0 aromatic rings. The monoisotopic (exact) mass is 223 g/mol. The molecule has 0 heterocycles. The van der Waals surface area contributed by atoms with Crippen molar-refractivity contribution in [3.63, 3.8) is 0 Å². The fraction of sp³-hybridized carbons (Fsp3) is 1.00. The molecular weight excluding hydrogens is 194 g/mol. The Bertz CT molecular complexity index is 226. The lowest BCUT2D eigenvalue weighted by Gasteiger charge is -2.55. The maximum absolute atomic E-state index is 3.95. The highest BCUT2D eigenvalue weighted by atomic mass is 15.0. The van der Waals surface area contributed by atoms with Gasteiger partial charge in [0.1, 0.15) is 0 Å². The minimum atomic E-state index is 0.351. The second kappa shape index (κ2) is 4.68. The summed E-state index contributed by atoms with van der Waals surface area (Å²) in [5.74, 6) is 0. The van der Waals surface area contributed by atoms with E-state index in [0.29, 0.717) is 11.0 Å². The highest BCUT2D eigenvalue weighted by Gasteiger charge is 2.47. The van der Waals surface area contributed by atoms with Crippen LogP contribution in [0.3, 0.4) is 0 Å². The summed E-state index contributed by atoms with van der Waals surface area (Å²) in [5.41, 5.74) is 1.06. The minimum absolute atomic E-state index is 0.351. The Morgan fingerprint density at radius 1 is 1.12 bits per heavy atom. The summed E-state index contributed by atoms with van der Waals surface area (Å²) < 4.78 is 0. The largest absolute Gasteiger partial charge is 0.308 e. The summed E-state index contributed by atoms with van der Waals surface area (Å²) in [6.45, 7) is 7.05. The van der Waals surface area contributed by atoms with Gasteiger partial charge in [0.15, 0.2) is 0 Å². The maximum Gasteiger partial charge on any atom is 0.0129 e. The molecule has 2 saturated carbocycles. The third-order valence-corrected chi connectivity index (χ3v) is 4.96. The number of hydrogen-bond donors (Lipinski definition) is 1. The van der Waals surface area contributed by atoms with E-state index in [9.17, 15) is 0 Å². The second-order valence-corrected chi connectivity index (χ2v) is 6.79. The Morgan fingerprint density at radius 3 is 2.31 bits per heavy atom. The lowest BCUT2D eigenvalue weighted by atomic mass is 9.57. The molecule has 1 nitrogen and oxygen atoms in total. The number of rotatable bonds is 4. The van der Waals surface area contributed by atoms with Gasteiger partial charge in [0.25, 0.3) is 0 Å². The van der Waals surface area contributed by atoms with Crippen LogP contribution in [0.5, 0.6) is 0 Å². The molecule has 0 amide bonds. The van der Waals surface area contributed by atoms with Gasteiger partial charge in [0.2, 0.25) is 0 Å². The summed E-state index contributed by atoms with van der Waals surface area (Å²) >= 11 is 0. The Kier molecular flexibility index (Phi) is 3.63. The first kappa shape index (κ1) is 12.4. The zero-order valence-electron chi connectivity index (χ0n) is 11.4. The van der Waals surface area contributed by atoms with Crippen molar-refractivity contribution in [1.29, 1.82) is 0 Å². The average molecular weight is 223 g/mol. The molecule has 1 atom stereocenters. The zero-order chi connectivity index (χ0) is 11.6. The van der Waals surface area contributed by atoms with E-state index in [1.54, 1.807) is 0 Å². The van der Waals surface area contributed by atoms with Gasteiger partial charge in [-0.15, -0.1) is 0 Å². The van der Waals surface area contributed by atoms with Crippen LogP contribution in [0.4, 0.5) is 0 Å². The molecule has 2 rings (SSSR count). The third-order valence-electron chi connectivity index (χ3n) is 4.96. The van der Waals surface area contributed by atoms with Crippen LogP contribution in [0.15, 0.2) is 0 Å². The maximum atomic E-state index is 3.95. The van der Waals surface area contributed by atoms with Crippen molar-refractivity contribution in [3.05, 3.63) is 0 Å². The van der Waals surface area contributed by atoms with Gasteiger partial charge in [0.05, 0.1) is 0 Å². The highest BCUT2D eigenvalue weighted by Crippen LogP contribution is 2.52. The summed E-state index contributed by atoms with van der Waals surface area (Å²) in [4.78, 5) is 0. The average Bonchev–Trinajstić information content (AvgIpc) is 2.26. The molecule has 0 radical (unpaired) electrons. The molecule has 1 spiro atoms. The standard InChI is InChI=1S/C15H29N/c1-4-9-14(2,3)16-13-8-12-15(13)10-6-5-7-11-15/h13,16H,4-12H2,1-3H3. The smallest absolute Gasteiger partial charge is 0.0129 e. The van der Waals surface area contributed by atoms with E-state index in [1.165, 1.54) is 57.8 Å². The van der Waals surface area contributed by atoms with Gasteiger partial charge in [-0.05, 0) is 51.4 Å². The third kappa shape index (κ3) is 2.45. The van der Waals surface area contributed by atoms with Crippen molar-refractivity contribution in [3.8, 4) is 0 Å². The Morgan fingerprint density at radius 2 is 1.81 bits per heavy atom. The summed E-state index contributed by atoms with van der Waals surface area (Å²) in [6, 6.07) is 0.828. The molecular formula is C15H29N. The van der Waals surface area contributed by atoms with Crippen LogP contribution in [-0.4, -0.2) is 11.6 Å². The van der Waals surface area contributed by atoms with Gasteiger partial charge in [-0.3, -0.25) is 0 Å². The lowest BCUT2D eigenvalue weighted by Crippen LogP contribution is -2.59. The van der Waals surface area contributed by atoms with Gasteiger partial charge in [-0.1, -0.05) is 32.6 Å². The number of nitrogens with one attached hydrogen (secondary N) is 1. The van der Waals surface area contributed by atoms with Crippen molar-refractivity contribution in [2.45, 2.75) is 90.1 Å². The molecule has 16 heavy (non-hydrogen) atoms. The molecule has 0 aromatic heterocycles. The molecule has 2 fully saturated rings. The van der Waals surface area contributed by atoms with Crippen molar-refractivity contribution in [1.82, 2.24) is 5.32 Å². The minimum Gasteiger partial charge on any atom is -0.308 e. The molecule has 1 unspecified atom stereocenters. The van der Waals surface area contributed by atoms with Crippen LogP contribution < -0.4 is 5.32 Å². The van der Waals surface area contributed by atoms with Crippen molar-refractivity contribution in [2.75, 3.05) is 0 Å². The quantitative estimate of drug-likeness (QED) is 0.750. The van der Waals surface area contributed by atoms with E-state index in [0.717, 1.165) is 6.04 Å². The fourth-order valence-electron chi connectivity index (χ4n) is 3.95. The van der Waals surface area contributed by atoms with E-state index < -0.39 is 0 Å².